The van der Waals surface area contributed by atoms with E-state index in [0.29, 0.717) is 5.82 Å². The van der Waals surface area contributed by atoms with Gasteiger partial charge in [0.05, 0.1) is 24.5 Å². The Balaban J connectivity index is 1.49. The monoisotopic (exact) mass is 390 g/mol. The second kappa shape index (κ2) is 7.29. The number of ketones is 1. The number of anilines is 3. The highest BCUT2D eigenvalue weighted by molar-refractivity contribution is 5.92. The molecule has 4 rings (SSSR count). The summed E-state index contributed by atoms with van der Waals surface area (Å²) in [4.78, 5) is 25.9. The molecule has 0 saturated carbocycles. The van der Waals surface area contributed by atoms with E-state index in [4.69, 9.17) is 4.74 Å². The number of nitrogens with zero attached hydrogens (tertiary/aromatic N) is 3. The first-order valence-electron chi connectivity index (χ1n) is 8.61. The first kappa shape index (κ1) is 18.0. The van der Waals surface area contributed by atoms with Crippen molar-refractivity contribution in [3.63, 3.8) is 0 Å². The molecule has 1 saturated heterocycles. The summed E-state index contributed by atoms with van der Waals surface area (Å²) in [5.74, 6) is -1.83. The molecule has 0 radical (unpaired) electrons. The van der Waals surface area contributed by atoms with Gasteiger partial charge in [0.1, 0.15) is 12.4 Å². The van der Waals surface area contributed by atoms with Crippen molar-refractivity contribution in [3.05, 3.63) is 48.4 Å². The molecular weight excluding hydrogens is 374 g/mol. The minimum absolute atomic E-state index is 0.00168. The number of hydrogen-bond acceptors (Lipinski definition) is 7. The average molecular weight is 390 g/mol. The van der Waals surface area contributed by atoms with Crippen LogP contribution in [-0.2, 0) is 9.53 Å². The number of hydrogen-bond donors (Lipinski definition) is 1. The molecule has 3 heterocycles. The van der Waals surface area contributed by atoms with Crippen molar-refractivity contribution >= 4 is 29.1 Å². The van der Waals surface area contributed by atoms with Gasteiger partial charge in [0.25, 0.3) is 0 Å². The predicted octanol–water partition coefficient (Wildman–Crippen LogP) is 2.68. The summed E-state index contributed by atoms with van der Waals surface area (Å²) in [7, 11) is 0. The van der Waals surface area contributed by atoms with Crippen LogP contribution in [0.3, 0.4) is 0 Å². The SMILES string of the molecule is O=C1C=CN(c2ccc(N3C[C@H](CNc4ccon4)OC3=O)c(F)c2F)CC1. The Morgan fingerprint density at radius 2 is 1.96 bits per heavy atom. The number of allylic oxidation sites excluding steroid dienone is 1. The maximum absolute atomic E-state index is 14.7. The number of rotatable bonds is 5. The fourth-order valence-corrected chi connectivity index (χ4v) is 3.07. The Morgan fingerprint density at radius 3 is 2.68 bits per heavy atom. The first-order chi connectivity index (χ1) is 13.5. The molecule has 2 aliphatic heterocycles. The van der Waals surface area contributed by atoms with Gasteiger partial charge in [-0.2, -0.15) is 0 Å². The maximum Gasteiger partial charge on any atom is 0.414 e. The van der Waals surface area contributed by atoms with Crippen LogP contribution in [0.5, 0.6) is 0 Å². The second-order valence-corrected chi connectivity index (χ2v) is 6.34. The van der Waals surface area contributed by atoms with Gasteiger partial charge in [0.15, 0.2) is 23.2 Å². The van der Waals surface area contributed by atoms with E-state index in [0.717, 1.165) is 4.90 Å². The summed E-state index contributed by atoms with van der Waals surface area (Å²) in [5, 5.41) is 6.60. The van der Waals surface area contributed by atoms with Gasteiger partial charge >= 0.3 is 6.09 Å². The maximum atomic E-state index is 14.7. The van der Waals surface area contributed by atoms with Crippen LogP contribution in [-0.4, -0.2) is 42.8 Å². The van der Waals surface area contributed by atoms with E-state index in [9.17, 15) is 18.4 Å². The lowest BCUT2D eigenvalue weighted by Crippen LogP contribution is -2.29. The van der Waals surface area contributed by atoms with Crippen molar-refractivity contribution in [2.24, 2.45) is 0 Å². The molecule has 2 aromatic rings. The number of amides is 1. The molecule has 0 bridgehead atoms. The molecule has 1 aromatic carbocycles. The Bertz CT molecular complexity index is 932. The minimum atomic E-state index is -1.15. The van der Waals surface area contributed by atoms with Gasteiger partial charge in [0.2, 0.25) is 0 Å². The normalized spacial score (nSPS) is 19.3. The Morgan fingerprint density at radius 1 is 1.18 bits per heavy atom. The average Bonchev–Trinajstić information content (AvgIpc) is 3.33. The zero-order valence-electron chi connectivity index (χ0n) is 14.6. The van der Waals surface area contributed by atoms with E-state index in [2.05, 4.69) is 15.0 Å². The van der Waals surface area contributed by atoms with E-state index < -0.39 is 23.8 Å². The zero-order valence-corrected chi connectivity index (χ0v) is 14.6. The largest absolute Gasteiger partial charge is 0.442 e. The van der Waals surface area contributed by atoms with Crippen LogP contribution in [0.4, 0.5) is 30.8 Å². The van der Waals surface area contributed by atoms with Gasteiger partial charge in [0, 0.05) is 25.2 Å². The Hall–Kier alpha value is -3.43. The summed E-state index contributed by atoms with van der Waals surface area (Å²) in [6.07, 6.45) is 3.02. The van der Waals surface area contributed by atoms with Crippen molar-refractivity contribution in [1.29, 1.82) is 0 Å². The predicted molar refractivity (Wildman–Crippen MR) is 95.1 cm³/mol. The molecule has 2 aliphatic rings. The van der Waals surface area contributed by atoms with Crippen molar-refractivity contribution in [2.75, 3.05) is 34.8 Å². The van der Waals surface area contributed by atoms with Crippen LogP contribution < -0.4 is 15.1 Å². The van der Waals surface area contributed by atoms with Gasteiger partial charge in [-0.05, 0) is 18.2 Å². The molecule has 0 unspecified atom stereocenters. The van der Waals surface area contributed by atoms with E-state index in [-0.39, 0.29) is 43.2 Å². The zero-order chi connectivity index (χ0) is 19.7. The number of carbonyl (C=O) groups excluding carboxylic acids is 2. The molecule has 0 spiro atoms. The van der Waals surface area contributed by atoms with Crippen molar-refractivity contribution in [1.82, 2.24) is 5.16 Å². The highest BCUT2D eigenvalue weighted by Crippen LogP contribution is 2.32. The lowest BCUT2D eigenvalue weighted by atomic mass is 10.1. The van der Waals surface area contributed by atoms with Gasteiger partial charge < -0.3 is 19.5 Å². The number of benzene rings is 1. The van der Waals surface area contributed by atoms with Crippen LogP contribution in [0.15, 0.2) is 41.3 Å². The molecule has 1 aromatic heterocycles. The van der Waals surface area contributed by atoms with Crippen LogP contribution in [0.1, 0.15) is 6.42 Å². The summed E-state index contributed by atoms with van der Waals surface area (Å²) in [6.45, 7) is 0.549. The molecule has 1 N–H and O–H groups in total. The third-order valence-electron chi connectivity index (χ3n) is 4.50. The highest BCUT2D eigenvalue weighted by atomic mass is 19.2. The lowest BCUT2D eigenvalue weighted by Gasteiger charge is -2.24. The molecular formula is C18H16F2N4O4. The third kappa shape index (κ3) is 3.40. The fourth-order valence-electron chi connectivity index (χ4n) is 3.07. The third-order valence-corrected chi connectivity index (χ3v) is 4.50. The fraction of sp³-hybridized carbons (Fsp3) is 0.278. The highest BCUT2D eigenvalue weighted by Gasteiger charge is 2.35. The number of ether oxygens (including phenoxy) is 1. The summed E-state index contributed by atoms with van der Waals surface area (Å²) < 4.78 is 39.2. The number of halogens is 2. The van der Waals surface area contributed by atoms with Crippen LogP contribution >= 0.6 is 0 Å². The van der Waals surface area contributed by atoms with E-state index in [1.165, 1.54) is 35.6 Å². The molecule has 146 valence electrons. The summed E-state index contributed by atoms with van der Waals surface area (Å²) in [5.41, 5.74) is -0.200. The standard InChI is InChI=1S/C18H16F2N4O4/c19-16-13(23-6-3-11(25)4-7-23)1-2-14(17(16)20)24-10-12(28-18(24)26)9-21-15-5-8-27-22-15/h1-3,5-6,8,12H,4,7,9-10H2,(H,21,22)/t12-/m0/s1. The van der Waals surface area contributed by atoms with E-state index in [1.807, 2.05) is 0 Å². The molecule has 8 nitrogen and oxygen atoms in total. The summed E-state index contributed by atoms with van der Waals surface area (Å²) in [6, 6.07) is 4.31. The van der Waals surface area contributed by atoms with Crippen LogP contribution in [0, 0.1) is 11.6 Å². The van der Waals surface area contributed by atoms with Crippen molar-refractivity contribution in [3.8, 4) is 0 Å². The van der Waals surface area contributed by atoms with Gasteiger partial charge in [-0.1, -0.05) is 5.16 Å². The smallest absolute Gasteiger partial charge is 0.414 e. The number of carbonyl (C=O) groups is 2. The second-order valence-electron chi connectivity index (χ2n) is 6.34. The molecule has 10 heteroatoms. The lowest BCUT2D eigenvalue weighted by molar-refractivity contribution is -0.114. The molecule has 1 fully saturated rings. The Labute approximate surface area is 158 Å². The quantitative estimate of drug-likeness (QED) is 0.840. The van der Waals surface area contributed by atoms with Crippen LogP contribution in [0.2, 0.25) is 0 Å². The Kier molecular flexibility index (Phi) is 4.68. The number of nitrogens with one attached hydrogen (secondary N) is 1. The van der Waals surface area contributed by atoms with Crippen LogP contribution in [0.25, 0.3) is 0 Å². The van der Waals surface area contributed by atoms with E-state index >= 15 is 0 Å². The number of cyclic esters (lactones) is 1. The van der Waals surface area contributed by atoms with Gasteiger partial charge in [-0.3, -0.25) is 9.69 Å². The molecule has 1 atom stereocenters. The van der Waals surface area contributed by atoms with E-state index in [1.54, 1.807) is 6.07 Å². The van der Waals surface area contributed by atoms with Gasteiger partial charge in [-0.15, -0.1) is 0 Å². The summed E-state index contributed by atoms with van der Waals surface area (Å²) >= 11 is 0. The minimum Gasteiger partial charge on any atom is -0.442 e. The molecule has 1 amide bonds. The first-order valence-corrected chi connectivity index (χ1v) is 8.61. The van der Waals surface area contributed by atoms with Gasteiger partial charge in [-0.25, -0.2) is 13.6 Å². The number of aromatic nitrogens is 1. The topological polar surface area (TPSA) is 87.9 Å². The van der Waals surface area contributed by atoms with Crippen molar-refractivity contribution < 1.29 is 27.6 Å². The van der Waals surface area contributed by atoms with Crippen molar-refractivity contribution in [2.45, 2.75) is 12.5 Å². The molecule has 28 heavy (non-hydrogen) atoms. The molecule has 0 aliphatic carbocycles.